The summed E-state index contributed by atoms with van der Waals surface area (Å²) in [6, 6.07) is 15.0. The summed E-state index contributed by atoms with van der Waals surface area (Å²) in [7, 11) is 0. The number of pyridine rings is 1. The summed E-state index contributed by atoms with van der Waals surface area (Å²) in [6.07, 6.45) is 4.02. The second-order valence-corrected chi connectivity index (χ2v) is 5.24. The van der Waals surface area contributed by atoms with E-state index in [-0.39, 0.29) is 0 Å². The number of benzene rings is 1. The molecule has 0 saturated heterocycles. The van der Waals surface area contributed by atoms with Crippen LogP contribution in [0.1, 0.15) is 23.7 Å². The molecule has 0 fully saturated rings. The number of hydrogen-bond acceptors (Lipinski definition) is 2. The van der Waals surface area contributed by atoms with Crippen LogP contribution in [0.3, 0.4) is 0 Å². The van der Waals surface area contributed by atoms with Gasteiger partial charge in [0.1, 0.15) is 0 Å². The van der Waals surface area contributed by atoms with E-state index in [0.717, 1.165) is 32.5 Å². The quantitative estimate of drug-likeness (QED) is 0.764. The lowest BCUT2D eigenvalue weighted by molar-refractivity contribution is 0.294. The van der Waals surface area contributed by atoms with E-state index in [2.05, 4.69) is 60.1 Å². The Hall–Kier alpha value is -1.67. The van der Waals surface area contributed by atoms with Crippen LogP contribution < -0.4 is 0 Å². The normalized spacial score (nSPS) is 10.9. The van der Waals surface area contributed by atoms with Crippen molar-refractivity contribution in [3.63, 3.8) is 0 Å². The topological polar surface area (TPSA) is 16.1 Å². The summed E-state index contributed by atoms with van der Waals surface area (Å²) in [4.78, 5) is 6.88. The third-order valence-electron chi connectivity index (χ3n) is 3.69. The maximum atomic E-state index is 4.39. The van der Waals surface area contributed by atoms with Crippen molar-refractivity contribution < 1.29 is 0 Å². The molecule has 0 bridgehead atoms. The Morgan fingerprint density at radius 3 is 2.35 bits per heavy atom. The fourth-order valence-electron chi connectivity index (χ4n) is 2.29. The number of aromatic nitrogens is 1. The van der Waals surface area contributed by atoms with Crippen LogP contribution in [0, 0.1) is 6.92 Å². The first-order chi connectivity index (χ1) is 9.78. The van der Waals surface area contributed by atoms with E-state index >= 15 is 0 Å². The monoisotopic (exact) mass is 268 g/mol. The molecular weight excluding hydrogens is 244 g/mol. The summed E-state index contributed by atoms with van der Waals surface area (Å²) in [6.45, 7) is 7.66. The van der Waals surface area contributed by atoms with Gasteiger partial charge in [-0.2, -0.15) is 0 Å². The van der Waals surface area contributed by atoms with Gasteiger partial charge < -0.3 is 4.90 Å². The molecule has 0 spiro atoms. The van der Waals surface area contributed by atoms with Crippen molar-refractivity contribution in [1.29, 1.82) is 0 Å². The van der Waals surface area contributed by atoms with Crippen molar-refractivity contribution in [3.8, 4) is 0 Å². The SMILES string of the molecule is CCN(CCc1ccc(C)cc1)CCc1ccccn1. The molecule has 0 atom stereocenters. The molecule has 2 heteroatoms. The Morgan fingerprint density at radius 2 is 1.70 bits per heavy atom. The highest BCUT2D eigenvalue weighted by Crippen LogP contribution is 2.05. The molecule has 106 valence electrons. The fraction of sp³-hybridized carbons (Fsp3) is 0.389. The maximum Gasteiger partial charge on any atom is 0.0416 e. The Bertz CT molecular complexity index is 491. The molecule has 0 unspecified atom stereocenters. The minimum Gasteiger partial charge on any atom is -0.303 e. The van der Waals surface area contributed by atoms with Gasteiger partial charge in [-0.1, -0.05) is 42.8 Å². The average molecular weight is 268 g/mol. The second kappa shape index (κ2) is 7.81. The second-order valence-electron chi connectivity index (χ2n) is 5.24. The molecule has 0 radical (unpaired) electrons. The highest BCUT2D eigenvalue weighted by Gasteiger charge is 2.04. The van der Waals surface area contributed by atoms with Gasteiger partial charge in [0.25, 0.3) is 0 Å². The molecule has 0 saturated carbocycles. The Balaban J connectivity index is 1.79. The molecule has 0 aliphatic heterocycles. The van der Waals surface area contributed by atoms with Crippen molar-refractivity contribution in [3.05, 3.63) is 65.5 Å². The van der Waals surface area contributed by atoms with Gasteiger partial charge in [-0.3, -0.25) is 4.98 Å². The van der Waals surface area contributed by atoms with Gasteiger partial charge >= 0.3 is 0 Å². The number of likely N-dealkylation sites (N-methyl/N-ethyl adjacent to an activating group) is 1. The Kier molecular flexibility index (Phi) is 5.75. The Morgan fingerprint density at radius 1 is 0.950 bits per heavy atom. The largest absolute Gasteiger partial charge is 0.303 e. The van der Waals surface area contributed by atoms with Gasteiger partial charge in [-0.05, 0) is 37.6 Å². The van der Waals surface area contributed by atoms with Crippen LogP contribution in [0.5, 0.6) is 0 Å². The summed E-state index contributed by atoms with van der Waals surface area (Å²) in [5.74, 6) is 0. The van der Waals surface area contributed by atoms with Crippen molar-refractivity contribution in [2.75, 3.05) is 19.6 Å². The summed E-state index contributed by atoms with van der Waals surface area (Å²) >= 11 is 0. The van der Waals surface area contributed by atoms with Crippen molar-refractivity contribution in [2.24, 2.45) is 0 Å². The van der Waals surface area contributed by atoms with Crippen LogP contribution in [0.15, 0.2) is 48.7 Å². The number of aryl methyl sites for hydroxylation is 1. The summed E-state index contributed by atoms with van der Waals surface area (Å²) < 4.78 is 0. The zero-order chi connectivity index (χ0) is 14.2. The van der Waals surface area contributed by atoms with E-state index in [9.17, 15) is 0 Å². The Labute approximate surface area is 122 Å². The molecule has 2 nitrogen and oxygen atoms in total. The third-order valence-corrected chi connectivity index (χ3v) is 3.69. The zero-order valence-corrected chi connectivity index (χ0v) is 12.5. The van der Waals surface area contributed by atoms with E-state index in [1.807, 2.05) is 12.3 Å². The predicted molar refractivity (Wildman–Crippen MR) is 84.9 cm³/mol. The molecule has 0 aliphatic carbocycles. The lowest BCUT2D eigenvalue weighted by atomic mass is 10.1. The minimum atomic E-state index is 1.03. The fourth-order valence-corrected chi connectivity index (χ4v) is 2.29. The molecule has 20 heavy (non-hydrogen) atoms. The van der Waals surface area contributed by atoms with E-state index in [1.54, 1.807) is 0 Å². The number of nitrogens with zero attached hydrogens (tertiary/aromatic N) is 2. The first kappa shape index (κ1) is 14.7. The van der Waals surface area contributed by atoms with Gasteiger partial charge in [0.2, 0.25) is 0 Å². The molecule has 1 heterocycles. The molecule has 2 aromatic rings. The van der Waals surface area contributed by atoms with Gasteiger partial charge in [0.15, 0.2) is 0 Å². The van der Waals surface area contributed by atoms with E-state index in [0.29, 0.717) is 0 Å². The molecule has 1 aromatic carbocycles. The van der Waals surface area contributed by atoms with E-state index < -0.39 is 0 Å². The molecular formula is C18H24N2. The minimum absolute atomic E-state index is 1.03. The number of hydrogen-bond donors (Lipinski definition) is 0. The van der Waals surface area contributed by atoms with Gasteiger partial charge in [0, 0.05) is 31.4 Å². The van der Waals surface area contributed by atoms with Crippen molar-refractivity contribution in [2.45, 2.75) is 26.7 Å². The molecule has 2 rings (SSSR count). The van der Waals surface area contributed by atoms with Crippen LogP contribution in [-0.2, 0) is 12.8 Å². The summed E-state index contributed by atoms with van der Waals surface area (Å²) in [5.41, 5.74) is 3.93. The summed E-state index contributed by atoms with van der Waals surface area (Å²) in [5, 5.41) is 0. The third kappa shape index (κ3) is 4.78. The van der Waals surface area contributed by atoms with Gasteiger partial charge in [-0.15, -0.1) is 0 Å². The molecule has 0 aliphatic rings. The lowest BCUT2D eigenvalue weighted by Gasteiger charge is -2.20. The highest BCUT2D eigenvalue weighted by atomic mass is 15.1. The van der Waals surface area contributed by atoms with Crippen LogP contribution in [-0.4, -0.2) is 29.5 Å². The lowest BCUT2D eigenvalue weighted by Crippen LogP contribution is -2.28. The van der Waals surface area contributed by atoms with Crippen LogP contribution in [0.2, 0.25) is 0 Å². The zero-order valence-electron chi connectivity index (χ0n) is 12.5. The maximum absolute atomic E-state index is 4.39. The first-order valence-corrected chi connectivity index (χ1v) is 7.45. The molecule has 0 N–H and O–H groups in total. The van der Waals surface area contributed by atoms with Crippen LogP contribution >= 0.6 is 0 Å². The van der Waals surface area contributed by atoms with Crippen LogP contribution in [0.4, 0.5) is 0 Å². The first-order valence-electron chi connectivity index (χ1n) is 7.45. The van der Waals surface area contributed by atoms with Crippen LogP contribution in [0.25, 0.3) is 0 Å². The number of rotatable bonds is 7. The van der Waals surface area contributed by atoms with Crippen molar-refractivity contribution >= 4 is 0 Å². The highest BCUT2D eigenvalue weighted by molar-refractivity contribution is 5.21. The van der Waals surface area contributed by atoms with E-state index in [4.69, 9.17) is 0 Å². The van der Waals surface area contributed by atoms with Gasteiger partial charge in [-0.25, -0.2) is 0 Å². The molecule has 1 aromatic heterocycles. The average Bonchev–Trinajstić information content (AvgIpc) is 2.50. The predicted octanol–water partition coefficient (Wildman–Crippen LogP) is 3.50. The van der Waals surface area contributed by atoms with Gasteiger partial charge in [0.05, 0.1) is 0 Å². The van der Waals surface area contributed by atoms with Crippen molar-refractivity contribution in [1.82, 2.24) is 9.88 Å². The van der Waals surface area contributed by atoms with E-state index in [1.165, 1.54) is 16.8 Å². The standard InChI is InChI=1S/C18H24N2/c1-3-20(15-12-18-6-4-5-13-19-18)14-11-17-9-7-16(2)8-10-17/h4-10,13H,3,11-12,14-15H2,1-2H3. The smallest absolute Gasteiger partial charge is 0.0416 e. The molecule has 0 amide bonds.